The molecule has 0 radical (unpaired) electrons. The van der Waals surface area contributed by atoms with Crippen molar-refractivity contribution in [3.05, 3.63) is 59.7 Å². The number of carbonyl (C=O) groups excluding carboxylic acids is 2. The number of hydrogen-bond donors (Lipinski definition) is 2. The van der Waals surface area contributed by atoms with E-state index in [4.69, 9.17) is 0 Å². The molecule has 0 saturated heterocycles. The van der Waals surface area contributed by atoms with Crippen molar-refractivity contribution in [2.75, 3.05) is 16.9 Å². The lowest BCUT2D eigenvalue weighted by Gasteiger charge is -2.09. The molecule has 0 aromatic heterocycles. The van der Waals surface area contributed by atoms with Crippen LogP contribution < -0.4 is 10.6 Å². The molecule has 0 heterocycles. The van der Waals surface area contributed by atoms with Gasteiger partial charge in [0, 0.05) is 23.2 Å². The maximum absolute atomic E-state index is 12.0. The van der Waals surface area contributed by atoms with Crippen LogP contribution in [-0.2, 0) is 15.6 Å². The van der Waals surface area contributed by atoms with E-state index in [1.165, 1.54) is 13.2 Å². The first-order valence-electron chi connectivity index (χ1n) is 7.18. The summed E-state index contributed by atoms with van der Waals surface area (Å²) < 4.78 is 22.5. The van der Waals surface area contributed by atoms with Crippen LogP contribution in [0.25, 0.3) is 0 Å². The highest BCUT2D eigenvalue weighted by Crippen LogP contribution is 2.14. The highest BCUT2D eigenvalue weighted by molar-refractivity contribution is 7.89. The minimum Gasteiger partial charge on any atom is -0.308 e. The molecule has 7 heteroatoms. The smallest absolute Gasteiger partial charge is 0.308 e. The van der Waals surface area contributed by atoms with E-state index in [1.807, 2.05) is 0 Å². The number of rotatable bonds is 5. The van der Waals surface area contributed by atoms with E-state index in [0.29, 0.717) is 22.5 Å². The van der Waals surface area contributed by atoms with Gasteiger partial charge in [0.05, 0.1) is 5.75 Å². The Kier molecular flexibility index (Phi) is 5.35. The zero-order chi connectivity index (χ0) is 17.7. The molecule has 0 saturated carbocycles. The number of anilines is 2. The maximum atomic E-state index is 12.0. The van der Waals surface area contributed by atoms with Crippen molar-refractivity contribution in [3.8, 4) is 0 Å². The van der Waals surface area contributed by atoms with E-state index in [1.54, 1.807) is 48.5 Å². The molecule has 126 valence electrons. The minimum atomic E-state index is -3.09. The summed E-state index contributed by atoms with van der Waals surface area (Å²) in [5, 5.41) is 5.29. The Labute approximate surface area is 140 Å². The molecule has 2 aromatic carbocycles. The summed E-state index contributed by atoms with van der Waals surface area (Å²) >= 11 is 0. The van der Waals surface area contributed by atoms with Crippen LogP contribution in [0.5, 0.6) is 0 Å². The third-order valence-electron chi connectivity index (χ3n) is 3.17. The predicted octanol–water partition coefficient (Wildman–Crippen LogP) is 3.08. The number of Topliss-reactive ketones (excluding diaryl/α,β-unsaturated/α-hetero) is 1. The molecule has 2 aromatic rings. The maximum Gasteiger partial charge on any atom is 0.323 e. The average Bonchev–Trinajstić information content (AvgIpc) is 2.48. The molecule has 0 aliphatic heterocycles. The van der Waals surface area contributed by atoms with Crippen LogP contribution in [0.3, 0.4) is 0 Å². The fourth-order valence-electron chi connectivity index (χ4n) is 2.10. The van der Waals surface area contributed by atoms with E-state index < -0.39 is 15.9 Å². The van der Waals surface area contributed by atoms with Gasteiger partial charge in [-0.05, 0) is 36.8 Å². The predicted molar refractivity (Wildman–Crippen MR) is 94.1 cm³/mol. The van der Waals surface area contributed by atoms with Gasteiger partial charge in [-0.2, -0.15) is 0 Å². The first kappa shape index (κ1) is 17.7. The Balaban J connectivity index is 1.99. The van der Waals surface area contributed by atoms with Gasteiger partial charge in [-0.3, -0.25) is 4.79 Å². The first-order valence-corrected chi connectivity index (χ1v) is 9.25. The summed E-state index contributed by atoms with van der Waals surface area (Å²) in [5.74, 6) is -0.127. The molecule has 2 rings (SSSR count). The van der Waals surface area contributed by atoms with Gasteiger partial charge in [0.25, 0.3) is 0 Å². The van der Waals surface area contributed by atoms with Crippen molar-refractivity contribution < 1.29 is 18.0 Å². The van der Waals surface area contributed by atoms with Crippen LogP contribution in [0.1, 0.15) is 22.8 Å². The van der Waals surface area contributed by atoms with Crippen LogP contribution in [0.15, 0.2) is 48.5 Å². The Hall–Kier alpha value is -2.67. The molecular weight excluding hydrogens is 328 g/mol. The lowest BCUT2D eigenvalue weighted by atomic mass is 10.1. The average molecular weight is 346 g/mol. The molecule has 2 amide bonds. The summed E-state index contributed by atoms with van der Waals surface area (Å²) in [6, 6.07) is 12.7. The number of benzene rings is 2. The van der Waals surface area contributed by atoms with Gasteiger partial charge in [0.2, 0.25) is 0 Å². The number of carbonyl (C=O) groups is 2. The second-order valence-corrected chi connectivity index (χ2v) is 7.62. The second-order valence-electron chi connectivity index (χ2n) is 5.48. The molecule has 0 fully saturated rings. The van der Waals surface area contributed by atoms with Crippen LogP contribution >= 0.6 is 0 Å². The lowest BCUT2D eigenvalue weighted by Crippen LogP contribution is -2.19. The summed E-state index contributed by atoms with van der Waals surface area (Å²) in [6.07, 6.45) is 1.17. The van der Waals surface area contributed by atoms with Crippen molar-refractivity contribution in [2.24, 2.45) is 0 Å². The summed E-state index contributed by atoms with van der Waals surface area (Å²) in [4.78, 5) is 23.3. The van der Waals surface area contributed by atoms with Crippen LogP contribution in [-0.4, -0.2) is 26.5 Å². The fraction of sp³-hybridized carbons (Fsp3) is 0.176. The van der Waals surface area contributed by atoms with Crippen LogP contribution in [0.4, 0.5) is 16.2 Å². The van der Waals surface area contributed by atoms with E-state index in [9.17, 15) is 18.0 Å². The highest BCUT2D eigenvalue weighted by Gasteiger charge is 2.07. The first-order chi connectivity index (χ1) is 11.2. The number of nitrogens with one attached hydrogen (secondary N) is 2. The normalized spacial score (nSPS) is 10.9. The van der Waals surface area contributed by atoms with Crippen molar-refractivity contribution >= 4 is 33.0 Å². The molecule has 0 atom stereocenters. The number of sulfone groups is 1. The van der Waals surface area contributed by atoms with E-state index >= 15 is 0 Å². The summed E-state index contributed by atoms with van der Waals surface area (Å²) in [5.41, 5.74) is 2.21. The third-order valence-corrected chi connectivity index (χ3v) is 4.03. The standard InChI is InChI=1S/C17H18N2O4S/c1-12(20)14-4-3-5-16(10-14)19-17(21)18-15-8-6-13(7-9-15)11-24(2,22)23/h3-10H,11H2,1-2H3,(H2,18,19,21). The molecule has 0 unspecified atom stereocenters. The summed E-state index contributed by atoms with van der Waals surface area (Å²) in [6.45, 7) is 1.46. The number of ketones is 1. The molecule has 0 spiro atoms. The summed E-state index contributed by atoms with van der Waals surface area (Å²) in [7, 11) is -3.09. The Bertz CT molecular complexity index is 858. The van der Waals surface area contributed by atoms with Gasteiger partial charge >= 0.3 is 6.03 Å². The lowest BCUT2D eigenvalue weighted by molar-refractivity contribution is 0.101. The molecule has 0 aliphatic rings. The fourth-order valence-corrected chi connectivity index (χ4v) is 2.89. The molecule has 0 aliphatic carbocycles. The van der Waals surface area contributed by atoms with E-state index in [0.717, 1.165) is 0 Å². The van der Waals surface area contributed by atoms with Gasteiger partial charge in [0.1, 0.15) is 0 Å². The third kappa shape index (κ3) is 5.51. The Morgan fingerprint density at radius 3 is 2.17 bits per heavy atom. The monoisotopic (exact) mass is 346 g/mol. The van der Waals surface area contributed by atoms with Gasteiger partial charge in [-0.1, -0.05) is 24.3 Å². The van der Waals surface area contributed by atoms with Gasteiger partial charge < -0.3 is 10.6 Å². The van der Waals surface area contributed by atoms with Gasteiger partial charge in [-0.25, -0.2) is 13.2 Å². The van der Waals surface area contributed by atoms with Crippen molar-refractivity contribution in [1.82, 2.24) is 0 Å². The minimum absolute atomic E-state index is 0.0443. The number of hydrogen-bond acceptors (Lipinski definition) is 4. The van der Waals surface area contributed by atoms with Gasteiger partial charge in [-0.15, -0.1) is 0 Å². The number of amides is 2. The second kappa shape index (κ2) is 7.27. The largest absolute Gasteiger partial charge is 0.323 e. The molecule has 2 N–H and O–H groups in total. The van der Waals surface area contributed by atoms with E-state index in [-0.39, 0.29) is 11.5 Å². The van der Waals surface area contributed by atoms with Crippen molar-refractivity contribution in [2.45, 2.75) is 12.7 Å². The zero-order valence-electron chi connectivity index (χ0n) is 13.4. The van der Waals surface area contributed by atoms with Crippen LogP contribution in [0.2, 0.25) is 0 Å². The number of urea groups is 1. The molecule has 24 heavy (non-hydrogen) atoms. The van der Waals surface area contributed by atoms with Gasteiger partial charge in [0.15, 0.2) is 15.6 Å². The van der Waals surface area contributed by atoms with Crippen LogP contribution in [0, 0.1) is 0 Å². The molecular formula is C17H18N2O4S. The Morgan fingerprint density at radius 1 is 0.958 bits per heavy atom. The highest BCUT2D eigenvalue weighted by atomic mass is 32.2. The Morgan fingerprint density at radius 2 is 1.58 bits per heavy atom. The molecule has 6 nitrogen and oxygen atoms in total. The zero-order valence-corrected chi connectivity index (χ0v) is 14.2. The quantitative estimate of drug-likeness (QED) is 0.814. The SMILES string of the molecule is CC(=O)c1cccc(NC(=O)Nc2ccc(CS(C)(=O)=O)cc2)c1. The molecule has 0 bridgehead atoms. The van der Waals surface area contributed by atoms with E-state index in [2.05, 4.69) is 10.6 Å². The topological polar surface area (TPSA) is 92.3 Å². The van der Waals surface area contributed by atoms with Crippen molar-refractivity contribution in [1.29, 1.82) is 0 Å². The van der Waals surface area contributed by atoms with Crippen molar-refractivity contribution in [3.63, 3.8) is 0 Å².